The number of hydrogen-bond acceptors (Lipinski definition) is 8. The number of hydrogen-bond donors (Lipinski definition) is 1. The number of ether oxygens (including phenoxy) is 1. The monoisotopic (exact) mass is 582 g/mol. The Kier molecular flexibility index (Phi) is 7.37. The molecule has 7 rings (SSSR count). The molecule has 216 valence electrons. The zero-order valence-electron chi connectivity index (χ0n) is 23.7. The van der Waals surface area contributed by atoms with Crippen LogP contribution >= 0.6 is 11.3 Å². The van der Waals surface area contributed by atoms with Crippen LogP contribution in [0.15, 0.2) is 65.6 Å². The van der Waals surface area contributed by atoms with Gasteiger partial charge in [0.2, 0.25) is 5.91 Å². The topological polar surface area (TPSA) is 82.4 Å². The highest BCUT2D eigenvalue weighted by Gasteiger charge is 2.20. The van der Waals surface area contributed by atoms with Crippen LogP contribution in [0.2, 0.25) is 0 Å². The van der Waals surface area contributed by atoms with Crippen molar-refractivity contribution in [2.75, 3.05) is 75.8 Å². The summed E-state index contributed by atoms with van der Waals surface area (Å²) in [4.78, 5) is 37.8. The number of morpholine rings is 1. The number of fused-ring (bicyclic) bond motifs is 4. The number of benzene rings is 2. The van der Waals surface area contributed by atoms with Gasteiger partial charge >= 0.3 is 0 Å². The molecule has 2 fully saturated rings. The van der Waals surface area contributed by atoms with Gasteiger partial charge in [-0.3, -0.25) is 18.9 Å². The van der Waals surface area contributed by atoms with E-state index < -0.39 is 0 Å². The first-order valence-corrected chi connectivity index (χ1v) is 15.4. The van der Waals surface area contributed by atoms with Crippen LogP contribution in [0, 0.1) is 0 Å². The third-order valence-corrected chi connectivity index (χ3v) is 9.58. The van der Waals surface area contributed by atoms with Gasteiger partial charge in [-0.1, -0.05) is 25.1 Å². The van der Waals surface area contributed by atoms with Crippen molar-refractivity contribution in [1.82, 2.24) is 19.2 Å². The molecule has 2 aliphatic rings. The summed E-state index contributed by atoms with van der Waals surface area (Å²) in [6, 6.07) is 18.0. The fraction of sp³-hybridized carbons (Fsp3) is 0.344. The number of carbonyl (C=O) groups excluding carboxylic acids is 1. The van der Waals surface area contributed by atoms with Gasteiger partial charge in [0.15, 0.2) is 0 Å². The van der Waals surface area contributed by atoms with Crippen LogP contribution in [0.3, 0.4) is 0 Å². The third-order valence-electron chi connectivity index (χ3n) is 8.36. The van der Waals surface area contributed by atoms with E-state index in [1.807, 2.05) is 18.2 Å². The average molecular weight is 583 g/mol. The molecule has 5 heterocycles. The van der Waals surface area contributed by atoms with Crippen molar-refractivity contribution in [2.24, 2.45) is 0 Å². The van der Waals surface area contributed by atoms with Gasteiger partial charge in [-0.25, -0.2) is 4.98 Å². The van der Waals surface area contributed by atoms with Crippen molar-refractivity contribution in [2.45, 2.75) is 6.92 Å². The van der Waals surface area contributed by atoms with Gasteiger partial charge in [-0.05, 0) is 36.9 Å². The van der Waals surface area contributed by atoms with Crippen LogP contribution in [-0.2, 0) is 9.53 Å². The van der Waals surface area contributed by atoms with Gasteiger partial charge < -0.3 is 19.9 Å². The number of aromatic nitrogens is 2. The first-order valence-electron chi connectivity index (χ1n) is 14.6. The second-order valence-electron chi connectivity index (χ2n) is 10.9. The molecule has 0 spiro atoms. The van der Waals surface area contributed by atoms with Crippen LogP contribution in [0.5, 0.6) is 0 Å². The van der Waals surface area contributed by atoms with Gasteiger partial charge in [0.25, 0.3) is 5.56 Å². The van der Waals surface area contributed by atoms with Gasteiger partial charge in [0.1, 0.15) is 11.5 Å². The fourth-order valence-corrected chi connectivity index (χ4v) is 7.24. The zero-order valence-corrected chi connectivity index (χ0v) is 24.5. The van der Waals surface area contributed by atoms with E-state index in [0.29, 0.717) is 44.3 Å². The van der Waals surface area contributed by atoms with E-state index >= 15 is 0 Å². The van der Waals surface area contributed by atoms with Crippen LogP contribution in [0.25, 0.3) is 36.9 Å². The lowest BCUT2D eigenvalue weighted by Crippen LogP contribution is -2.48. The Labute approximate surface area is 247 Å². The summed E-state index contributed by atoms with van der Waals surface area (Å²) < 4.78 is 9.40. The molecule has 9 nitrogen and oxygen atoms in total. The Morgan fingerprint density at radius 2 is 1.71 bits per heavy atom. The molecule has 3 aromatic heterocycles. The maximum atomic E-state index is 13.1. The second-order valence-corrected chi connectivity index (χ2v) is 12.0. The first kappa shape index (κ1) is 27.0. The van der Waals surface area contributed by atoms with Crippen molar-refractivity contribution >= 4 is 54.6 Å². The number of anilines is 2. The standard InChI is InChI=1S/C32H34N6O3S/c1-2-35-11-13-36(14-12-35)21-29(39)33-22-8-9-27-26(19-22)24-6-3-5-23(31(24)42-27)25-7-4-10-38-30(40)20-28(34-32(25)38)37-15-17-41-18-16-37/h3-10,19-20H,2,11-18,21H2,1H3,(H,33,39). The smallest absolute Gasteiger partial charge is 0.259 e. The predicted molar refractivity (Wildman–Crippen MR) is 170 cm³/mol. The predicted octanol–water partition coefficient (Wildman–Crippen LogP) is 4.14. The number of rotatable bonds is 6. The molecule has 1 N–H and O–H groups in total. The van der Waals surface area contributed by atoms with Gasteiger partial charge in [0, 0.05) is 88.5 Å². The summed E-state index contributed by atoms with van der Waals surface area (Å²) >= 11 is 1.72. The third kappa shape index (κ3) is 5.15. The Hall–Kier alpha value is -3.83. The summed E-state index contributed by atoms with van der Waals surface area (Å²) in [6.45, 7) is 10.2. The molecular formula is C32H34N6O3S. The number of pyridine rings is 1. The summed E-state index contributed by atoms with van der Waals surface area (Å²) in [5.74, 6) is 0.703. The van der Waals surface area contributed by atoms with E-state index in [9.17, 15) is 9.59 Å². The van der Waals surface area contributed by atoms with Crippen molar-refractivity contribution in [3.8, 4) is 11.1 Å². The lowest BCUT2D eigenvalue weighted by molar-refractivity contribution is -0.117. The first-order chi connectivity index (χ1) is 20.6. The van der Waals surface area contributed by atoms with Crippen LogP contribution < -0.4 is 15.8 Å². The molecule has 42 heavy (non-hydrogen) atoms. The normalized spacial score (nSPS) is 16.9. The van der Waals surface area contributed by atoms with Crippen LogP contribution in [-0.4, -0.2) is 90.7 Å². The van der Waals surface area contributed by atoms with E-state index in [4.69, 9.17) is 9.72 Å². The summed E-state index contributed by atoms with van der Waals surface area (Å²) in [7, 11) is 0. The van der Waals surface area contributed by atoms with Crippen molar-refractivity contribution in [3.63, 3.8) is 0 Å². The van der Waals surface area contributed by atoms with E-state index in [0.717, 1.165) is 69.7 Å². The van der Waals surface area contributed by atoms with E-state index in [-0.39, 0.29) is 11.5 Å². The van der Waals surface area contributed by atoms with Gasteiger partial charge in [-0.15, -0.1) is 11.3 Å². The van der Waals surface area contributed by atoms with E-state index in [1.165, 1.54) is 0 Å². The average Bonchev–Trinajstić information content (AvgIpc) is 3.40. The summed E-state index contributed by atoms with van der Waals surface area (Å²) in [5, 5.41) is 5.34. The maximum Gasteiger partial charge on any atom is 0.259 e. The summed E-state index contributed by atoms with van der Waals surface area (Å²) in [6.07, 6.45) is 1.78. The number of amides is 1. The van der Waals surface area contributed by atoms with Crippen molar-refractivity contribution < 1.29 is 9.53 Å². The highest BCUT2D eigenvalue weighted by Crippen LogP contribution is 2.41. The minimum atomic E-state index is -0.0977. The molecule has 0 aliphatic carbocycles. The molecule has 2 aliphatic heterocycles. The van der Waals surface area contributed by atoms with E-state index in [2.05, 4.69) is 57.3 Å². The molecule has 0 atom stereocenters. The molecular weight excluding hydrogens is 548 g/mol. The fourth-order valence-electron chi connectivity index (χ4n) is 6.03. The zero-order chi connectivity index (χ0) is 28.6. The number of piperazine rings is 1. The van der Waals surface area contributed by atoms with Gasteiger partial charge in [-0.2, -0.15) is 0 Å². The molecule has 2 saturated heterocycles. The Bertz CT molecular complexity index is 1840. The number of nitrogens with zero attached hydrogens (tertiary/aromatic N) is 5. The lowest BCUT2D eigenvalue weighted by Gasteiger charge is -2.33. The number of thiophene rings is 1. The minimum absolute atomic E-state index is 0.0165. The highest BCUT2D eigenvalue weighted by molar-refractivity contribution is 7.26. The minimum Gasteiger partial charge on any atom is -0.378 e. The Morgan fingerprint density at radius 1 is 0.929 bits per heavy atom. The largest absolute Gasteiger partial charge is 0.378 e. The SMILES string of the molecule is CCN1CCN(CC(=O)Nc2ccc3sc4c(-c5cccn6c(=O)cc(N7CCOCC7)nc56)cccc4c3c2)CC1. The summed E-state index contributed by atoms with van der Waals surface area (Å²) in [5.41, 5.74) is 3.30. The molecule has 10 heteroatoms. The molecule has 5 aromatic rings. The van der Waals surface area contributed by atoms with Crippen molar-refractivity contribution in [1.29, 1.82) is 0 Å². The number of carbonyl (C=O) groups is 1. The number of nitrogens with one attached hydrogen (secondary N) is 1. The van der Waals surface area contributed by atoms with Crippen LogP contribution in [0.4, 0.5) is 11.5 Å². The molecule has 0 unspecified atom stereocenters. The van der Waals surface area contributed by atoms with Gasteiger partial charge in [0.05, 0.1) is 19.8 Å². The Morgan fingerprint density at radius 3 is 2.52 bits per heavy atom. The molecule has 0 saturated carbocycles. The quantitative estimate of drug-likeness (QED) is 0.322. The van der Waals surface area contributed by atoms with Crippen molar-refractivity contribution in [3.05, 3.63) is 71.1 Å². The lowest BCUT2D eigenvalue weighted by atomic mass is 10.0. The molecule has 0 radical (unpaired) electrons. The maximum absolute atomic E-state index is 13.1. The van der Waals surface area contributed by atoms with Crippen LogP contribution in [0.1, 0.15) is 6.92 Å². The molecule has 0 bridgehead atoms. The molecule has 2 aromatic carbocycles. The molecule has 1 amide bonds. The van der Waals surface area contributed by atoms with E-state index in [1.54, 1.807) is 28.0 Å². The Balaban J connectivity index is 1.22. The number of likely N-dealkylation sites (N-methyl/N-ethyl adjacent to an activating group) is 1. The highest BCUT2D eigenvalue weighted by atomic mass is 32.1. The second kappa shape index (κ2) is 11.4.